The third-order valence-corrected chi connectivity index (χ3v) is 5.90. The minimum atomic E-state index is 0.0330. The van der Waals surface area contributed by atoms with Crippen LogP contribution in [0.25, 0.3) is 0 Å². The molecule has 2 aliphatic rings. The number of imidazole rings is 1. The van der Waals surface area contributed by atoms with Gasteiger partial charge in [0.15, 0.2) is 0 Å². The summed E-state index contributed by atoms with van der Waals surface area (Å²) in [4.78, 5) is 24.4. The number of nitrogens with zero attached hydrogens (tertiary/aromatic N) is 3. The van der Waals surface area contributed by atoms with Crippen LogP contribution < -0.4 is 5.32 Å². The Labute approximate surface area is 161 Å². The predicted molar refractivity (Wildman–Crippen MR) is 105 cm³/mol. The highest BCUT2D eigenvalue weighted by molar-refractivity contribution is 5.74. The van der Waals surface area contributed by atoms with Crippen molar-refractivity contribution in [3.8, 4) is 0 Å². The molecule has 6 heteroatoms. The van der Waals surface area contributed by atoms with Gasteiger partial charge in [0, 0.05) is 44.0 Å². The zero-order valence-electron chi connectivity index (χ0n) is 15.9. The van der Waals surface area contributed by atoms with Crippen LogP contribution in [0.3, 0.4) is 0 Å². The van der Waals surface area contributed by atoms with Crippen LogP contribution >= 0.6 is 0 Å². The van der Waals surface area contributed by atoms with Crippen molar-refractivity contribution in [3.63, 3.8) is 0 Å². The third kappa shape index (κ3) is 4.50. The van der Waals surface area contributed by atoms with E-state index in [0.717, 1.165) is 45.0 Å². The van der Waals surface area contributed by atoms with Crippen LogP contribution in [0.5, 0.6) is 0 Å². The molecular formula is C21H29N5O. The average molecular weight is 367 g/mol. The van der Waals surface area contributed by atoms with Gasteiger partial charge in [-0.3, -0.25) is 4.90 Å². The van der Waals surface area contributed by atoms with E-state index < -0.39 is 0 Å². The molecule has 0 aliphatic carbocycles. The highest BCUT2D eigenvalue weighted by atomic mass is 16.2. The fourth-order valence-corrected chi connectivity index (χ4v) is 4.67. The second-order valence-electron chi connectivity index (χ2n) is 8.02. The number of urea groups is 1. The molecule has 0 bridgehead atoms. The molecular weight excluding hydrogens is 338 g/mol. The van der Waals surface area contributed by atoms with E-state index in [1.54, 1.807) is 12.4 Å². The summed E-state index contributed by atoms with van der Waals surface area (Å²) in [6, 6.07) is 10.7. The van der Waals surface area contributed by atoms with E-state index in [0.29, 0.717) is 6.54 Å². The number of aromatic amines is 1. The van der Waals surface area contributed by atoms with Gasteiger partial charge in [0.25, 0.3) is 0 Å². The van der Waals surface area contributed by atoms with Gasteiger partial charge in [0.1, 0.15) is 5.82 Å². The number of aromatic nitrogens is 2. The summed E-state index contributed by atoms with van der Waals surface area (Å²) in [6.07, 6.45) is 8.24. The van der Waals surface area contributed by atoms with Gasteiger partial charge >= 0.3 is 6.03 Å². The molecule has 2 saturated heterocycles. The number of H-pyrrole nitrogens is 1. The minimum absolute atomic E-state index is 0.0330. The van der Waals surface area contributed by atoms with Crippen molar-refractivity contribution in [2.45, 2.75) is 38.8 Å². The Morgan fingerprint density at radius 3 is 2.74 bits per heavy atom. The summed E-state index contributed by atoms with van der Waals surface area (Å²) in [6.45, 7) is 5.42. The van der Waals surface area contributed by atoms with Crippen molar-refractivity contribution in [1.82, 2.24) is 25.1 Å². The minimum Gasteiger partial charge on any atom is -0.347 e. The van der Waals surface area contributed by atoms with E-state index in [-0.39, 0.29) is 11.4 Å². The summed E-state index contributed by atoms with van der Waals surface area (Å²) in [5.41, 5.74) is 1.62. The second kappa shape index (κ2) is 8.13. The normalized spacial score (nSPS) is 23.5. The average Bonchev–Trinajstić information content (AvgIpc) is 3.21. The lowest BCUT2D eigenvalue weighted by Gasteiger charge is -2.48. The molecule has 2 N–H and O–H groups in total. The Bertz CT molecular complexity index is 728. The van der Waals surface area contributed by atoms with Crippen LogP contribution in [0.2, 0.25) is 0 Å². The number of hydrogen-bond acceptors (Lipinski definition) is 3. The smallest absolute Gasteiger partial charge is 0.317 e. The zero-order valence-corrected chi connectivity index (χ0v) is 15.9. The van der Waals surface area contributed by atoms with E-state index in [9.17, 15) is 4.79 Å². The number of likely N-dealkylation sites (tertiary alicyclic amines) is 2. The number of hydrogen-bond donors (Lipinski definition) is 2. The van der Waals surface area contributed by atoms with Crippen molar-refractivity contribution in [1.29, 1.82) is 0 Å². The van der Waals surface area contributed by atoms with E-state index in [1.807, 2.05) is 4.90 Å². The Morgan fingerprint density at radius 1 is 1.15 bits per heavy atom. The predicted octanol–water partition coefficient (Wildman–Crippen LogP) is 3.00. The molecule has 1 spiro atoms. The van der Waals surface area contributed by atoms with Gasteiger partial charge in [-0.15, -0.1) is 0 Å². The van der Waals surface area contributed by atoms with Gasteiger partial charge in [-0.2, -0.15) is 0 Å². The maximum absolute atomic E-state index is 12.7. The summed E-state index contributed by atoms with van der Waals surface area (Å²) < 4.78 is 0. The van der Waals surface area contributed by atoms with E-state index in [1.165, 1.54) is 24.8 Å². The van der Waals surface area contributed by atoms with Gasteiger partial charge < -0.3 is 15.2 Å². The van der Waals surface area contributed by atoms with Crippen LogP contribution in [0.4, 0.5) is 4.79 Å². The maximum atomic E-state index is 12.7. The van der Waals surface area contributed by atoms with Crippen LogP contribution in [0.1, 0.15) is 37.1 Å². The first-order valence-corrected chi connectivity index (χ1v) is 10.00. The SMILES string of the molecule is O=C(NCc1ncc[nH]1)N1CCC[C@]2(CCCN(Cc3ccccc3)C2)C1. The fourth-order valence-electron chi connectivity index (χ4n) is 4.67. The van der Waals surface area contributed by atoms with E-state index in [2.05, 4.69) is 50.5 Å². The molecule has 0 radical (unpaired) electrons. The number of nitrogens with one attached hydrogen (secondary N) is 2. The Balaban J connectivity index is 1.35. The van der Waals surface area contributed by atoms with Crippen molar-refractivity contribution in [3.05, 3.63) is 54.1 Å². The van der Waals surface area contributed by atoms with Gasteiger partial charge in [-0.1, -0.05) is 30.3 Å². The van der Waals surface area contributed by atoms with Crippen molar-refractivity contribution in [2.24, 2.45) is 5.41 Å². The second-order valence-corrected chi connectivity index (χ2v) is 8.02. The summed E-state index contributed by atoms with van der Waals surface area (Å²) in [7, 11) is 0. The number of carbonyl (C=O) groups excluding carboxylic acids is 1. The van der Waals surface area contributed by atoms with Gasteiger partial charge in [-0.25, -0.2) is 9.78 Å². The molecule has 2 fully saturated rings. The monoisotopic (exact) mass is 367 g/mol. The van der Waals surface area contributed by atoms with Crippen LogP contribution in [0, 0.1) is 5.41 Å². The first-order chi connectivity index (χ1) is 13.2. The molecule has 144 valence electrons. The fraction of sp³-hybridized carbons (Fsp3) is 0.524. The van der Waals surface area contributed by atoms with Gasteiger partial charge in [0.2, 0.25) is 0 Å². The van der Waals surface area contributed by atoms with E-state index >= 15 is 0 Å². The number of amides is 2. The quantitative estimate of drug-likeness (QED) is 0.873. The topological polar surface area (TPSA) is 64.3 Å². The lowest BCUT2D eigenvalue weighted by Crippen LogP contribution is -2.55. The lowest BCUT2D eigenvalue weighted by molar-refractivity contribution is 0.0234. The Kier molecular flexibility index (Phi) is 5.43. The van der Waals surface area contributed by atoms with Crippen LogP contribution in [-0.4, -0.2) is 52.0 Å². The molecule has 1 aromatic carbocycles. The maximum Gasteiger partial charge on any atom is 0.317 e. The number of benzene rings is 1. The Morgan fingerprint density at radius 2 is 1.96 bits per heavy atom. The molecule has 2 aliphatic heterocycles. The molecule has 1 aromatic heterocycles. The van der Waals surface area contributed by atoms with Crippen molar-refractivity contribution >= 4 is 6.03 Å². The zero-order chi connectivity index (χ0) is 18.5. The summed E-state index contributed by atoms with van der Waals surface area (Å²) >= 11 is 0. The standard InChI is InChI=1S/C21H29N5O/c27-20(24-14-19-22-10-11-23-19)26-13-5-9-21(17-26)8-4-12-25(16-21)15-18-6-2-1-3-7-18/h1-3,6-7,10-11H,4-5,8-9,12-17H2,(H,22,23)(H,24,27)/t21-/m0/s1. The molecule has 2 amide bonds. The summed E-state index contributed by atoms with van der Waals surface area (Å²) in [5.74, 6) is 0.793. The molecule has 0 saturated carbocycles. The number of carbonyl (C=O) groups is 1. The highest BCUT2D eigenvalue weighted by Gasteiger charge is 2.40. The Hall–Kier alpha value is -2.34. The molecule has 2 aromatic rings. The molecule has 6 nitrogen and oxygen atoms in total. The third-order valence-electron chi connectivity index (χ3n) is 5.90. The molecule has 4 rings (SSSR count). The van der Waals surface area contributed by atoms with Gasteiger partial charge in [-0.05, 0) is 37.8 Å². The summed E-state index contributed by atoms with van der Waals surface area (Å²) in [5, 5.41) is 3.01. The molecule has 0 unspecified atom stereocenters. The van der Waals surface area contributed by atoms with Gasteiger partial charge in [0.05, 0.1) is 6.54 Å². The van der Waals surface area contributed by atoms with Crippen molar-refractivity contribution in [2.75, 3.05) is 26.2 Å². The number of piperidine rings is 2. The highest BCUT2D eigenvalue weighted by Crippen LogP contribution is 2.38. The van der Waals surface area contributed by atoms with Crippen LogP contribution in [0.15, 0.2) is 42.7 Å². The molecule has 1 atom stereocenters. The molecule has 3 heterocycles. The number of rotatable bonds is 4. The van der Waals surface area contributed by atoms with E-state index in [4.69, 9.17) is 0 Å². The largest absolute Gasteiger partial charge is 0.347 e. The van der Waals surface area contributed by atoms with Crippen molar-refractivity contribution < 1.29 is 4.79 Å². The lowest BCUT2D eigenvalue weighted by atomic mass is 9.73. The first-order valence-electron chi connectivity index (χ1n) is 10.00. The first kappa shape index (κ1) is 18.0. The van der Waals surface area contributed by atoms with Crippen LogP contribution in [-0.2, 0) is 13.1 Å². The molecule has 27 heavy (non-hydrogen) atoms.